The molecular weight excluding hydrogens is 326 g/mol. The van der Waals surface area contributed by atoms with Crippen LogP contribution in [0.5, 0.6) is 0 Å². The minimum absolute atomic E-state index is 0.00439. The van der Waals surface area contributed by atoms with Crippen molar-refractivity contribution in [2.45, 2.75) is 32.7 Å². The Morgan fingerprint density at radius 2 is 1.88 bits per heavy atom. The number of sulfonamides is 1. The molecule has 0 bridgehead atoms. The van der Waals surface area contributed by atoms with Gasteiger partial charge in [0.25, 0.3) is 5.91 Å². The van der Waals surface area contributed by atoms with Gasteiger partial charge in [-0.15, -0.1) is 0 Å². The monoisotopic (exact) mass is 349 g/mol. The molecule has 7 heteroatoms. The number of rotatable bonds is 3. The zero-order valence-corrected chi connectivity index (χ0v) is 15.0. The fraction of sp³-hybridized carbons (Fsp3) is 0.471. The van der Waals surface area contributed by atoms with Crippen LogP contribution in [-0.2, 0) is 10.0 Å². The minimum Gasteiger partial charge on any atom is -0.351 e. The van der Waals surface area contributed by atoms with Crippen LogP contribution < -0.4 is 5.32 Å². The molecule has 0 spiro atoms. The molecule has 3 rings (SSSR count). The second-order valence-corrected chi connectivity index (χ2v) is 8.62. The van der Waals surface area contributed by atoms with Crippen molar-refractivity contribution in [1.29, 1.82) is 0 Å². The molecule has 0 unspecified atom stereocenters. The molecule has 0 aliphatic carbocycles. The molecule has 1 fully saturated rings. The van der Waals surface area contributed by atoms with Crippen molar-refractivity contribution < 1.29 is 13.2 Å². The molecule has 1 saturated heterocycles. The first-order valence-electron chi connectivity index (χ1n) is 8.10. The summed E-state index contributed by atoms with van der Waals surface area (Å²) in [6.07, 6.45) is 2.50. The van der Waals surface area contributed by atoms with Gasteiger partial charge >= 0.3 is 0 Å². The molecule has 2 N–H and O–H groups in total. The van der Waals surface area contributed by atoms with Crippen LogP contribution >= 0.6 is 0 Å². The summed E-state index contributed by atoms with van der Waals surface area (Å²) in [5.74, 6) is -0.138. The highest BCUT2D eigenvalue weighted by Gasteiger charge is 2.26. The van der Waals surface area contributed by atoms with Crippen molar-refractivity contribution in [3.05, 3.63) is 35.0 Å². The molecule has 0 atom stereocenters. The van der Waals surface area contributed by atoms with Crippen LogP contribution in [0.15, 0.2) is 18.2 Å². The fourth-order valence-corrected chi connectivity index (χ4v) is 4.19. The van der Waals surface area contributed by atoms with Gasteiger partial charge < -0.3 is 10.3 Å². The van der Waals surface area contributed by atoms with Gasteiger partial charge in [0.2, 0.25) is 10.0 Å². The number of nitrogens with one attached hydrogen (secondary N) is 2. The summed E-state index contributed by atoms with van der Waals surface area (Å²) in [4.78, 5) is 15.7. The first-order chi connectivity index (χ1) is 11.2. The summed E-state index contributed by atoms with van der Waals surface area (Å²) in [5.41, 5.74) is 3.80. The first kappa shape index (κ1) is 17.0. The third kappa shape index (κ3) is 3.47. The van der Waals surface area contributed by atoms with Gasteiger partial charge in [0, 0.05) is 30.0 Å². The molecule has 1 amide bonds. The average Bonchev–Trinajstić information content (AvgIpc) is 2.91. The Morgan fingerprint density at radius 3 is 2.50 bits per heavy atom. The van der Waals surface area contributed by atoms with Crippen LogP contribution in [0, 0.1) is 13.8 Å². The standard InChI is InChI=1S/C17H23N3O3S/c1-11-8-12(2)14-10-16(19-15(14)9-11)17(21)18-13-4-6-20(7-5-13)24(3,22)23/h8-10,13,19H,4-7H2,1-3H3,(H,18,21). The maximum atomic E-state index is 12.5. The third-order valence-corrected chi connectivity index (χ3v) is 5.90. The molecule has 24 heavy (non-hydrogen) atoms. The average molecular weight is 349 g/mol. The molecule has 0 radical (unpaired) electrons. The molecule has 1 aromatic heterocycles. The normalized spacial score (nSPS) is 17.3. The van der Waals surface area contributed by atoms with E-state index in [1.54, 1.807) is 0 Å². The lowest BCUT2D eigenvalue weighted by Crippen LogP contribution is -2.46. The molecule has 6 nitrogen and oxygen atoms in total. The highest BCUT2D eigenvalue weighted by molar-refractivity contribution is 7.88. The van der Waals surface area contributed by atoms with E-state index in [0.29, 0.717) is 31.6 Å². The van der Waals surface area contributed by atoms with Crippen LogP contribution in [-0.4, -0.2) is 49.0 Å². The van der Waals surface area contributed by atoms with E-state index in [0.717, 1.165) is 22.0 Å². The number of hydrogen-bond acceptors (Lipinski definition) is 3. The molecule has 1 aliphatic heterocycles. The van der Waals surface area contributed by atoms with Gasteiger partial charge in [0.15, 0.2) is 0 Å². The Kier molecular flexibility index (Phi) is 4.40. The van der Waals surface area contributed by atoms with Crippen molar-refractivity contribution in [2.75, 3.05) is 19.3 Å². The number of carbonyl (C=O) groups is 1. The highest BCUT2D eigenvalue weighted by atomic mass is 32.2. The largest absolute Gasteiger partial charge is 0.351 e. The van der Waals surface area contributed by atoms with E-state index in [1.165, 1.54) is 10.6 Å². The number of piperidine rings is 1. The predicted molar refractivity (Wildman–Crippen MR) is 94.7 cm³/mol. The maximum absolute atomic E-state index is 12.5. The Hall–Kier alpha value is -1.86. The van der Waals surface area contributed by atoms with E-state index in [2.05, 4.69) is 16.4 Å². The summed E-state index contributed by atoms with van der Waals surface area (Å²) in [5, 5.41) is 4.06. The lowest BCUT2D eigenvalue weighted by molar-refractivity contribution is 0.0919. The van der Waals surface area contributed by atoms with Crippen LogP contribution in [0.25, 0.3) is 10.9 Å². The summed E-state index contributed by atoms with van der Waals surface area (Å²) in [6, 6.07) is 6.01. The molecule has 2 heterocycles. The van der Waals surface area contributed by atoms with Crippen molar-refractivity contribution in [3.63, 3.8) is 0 Å². The fourth-order valence-electron chi connectivity index (χ4n) is 3.32. The zero-order chi connectivity index (χ0) is 17.5. The second kappa shape index (κ2) is 6.22. The summed E-state index contributed by atoms with van der Waals surface area (Å²) >= 11 is 0. The molecule has 130 valence electrons. The van der Waals surface area contributed by atoms with Gasteiger partial charge in [-0.1, -0.05) is 6.07 Å². The number of hydrogen-bond donors (Lipinski definition) is 2. The van der Waals surface area contributed by atoms with Gasteiger partial charge in [-0.3, -0.25) is 4.79 Å². The van der Waals surface area contributed by atoms with Gasteiger partial charge in [0.1, 0.15) is 5.69 Å². The Bertz CT molecular complexity index is 878. The SMILES string of the molecule is Cc1cc(C)c2cc(C(=O)NC3CCN(S(C)(=O)=O)CC3)[nH]c2c1. The Balaban J connectivity index is 1.69. The summed E-state index contributed by atoms with van der Waals surface area (Å²) in [6.45, 7) is 4.97. The number of aromatic nitrogens is 1. The minimum atomic E-state index is -3.14. The summed E-state index contributed by atoms with van der Waals surface area (Å²) in [7, 11) is -3.14. The number of amides is 1. The number of aryl methyl sites for hydroxylation is 2. The number of H-pyrrole nitrogens is 1. The van der Waals surface area contributed by atoms with Crippen LogP contribution in [0.2, 0.25) is 0 Å². The zero-order valence-electron chi connectivity index (χ0n) is 14.2. The van der Waals surface area contributed by atoms with Crippen molar-refractivity contribution in [3.8, 4) is 0 Å². The summed E-state index contributed by atoms with van der Waals surface area (Å²) < 4.78 is 24.5. The van der Waals surface area contributed by atoms with Crippen LogP contribution in [0.3, 0.4) is 0 Å². The lowest BCUT2D eigenvalue weighted by atomic mass is 10.1. The van der Waals surface area contributed by atoms with E-state index in [1.807, 2.05) is 26.0 Å². The van der Waals surface area contributed by atoms with E-state index in [-0.39, 0.29) is 11.9 Å². The lowest BCUT2D eigenvalue weighted by Gasteiger charge is -2.30. The topological polar surface area (TPSA) is 82.3 Å². The maximum Gasteiger partial charge on any atom is 0.267 e. The van der Waals surface area contributed by atoms with Crippen LogP contribution in [0.1, 0.15) is 34.5 Å². The smallest absolute Gasteiger partial charge is 0.267 e. The van der Waals surface area contributed by atoms with Gasteiger partial charge in [-0.05, 0) is 49.9 Å². The van der Waals surface area contributed by atoms with E-state index in [9.17, 15) is 13.2 Å². The molecule has 1 aliphatic rings. The second-order valence-electron chi connectivity index (χ2n) is 6.64. The van der Waals surface area contributed by atoms with Gasteiger partial charge in [-0.25, -0.2) is 12.7 Å². The van der Waals surface area contributed by atoms with Gasteiger partial charge in [-0.2, -0.15) is 0 Å². The Labute approximate surface area is 142 Å². The quantitative estimate of drug-likeness (QED) is 0.888. The van der Waals surface area contributed by atoms with Crippen molar-refractivity contribution in [1.82, 2.24) is 14.6 Å². The first-order valence-corrected chi connectivity index (χ1v) is 9.95. The molecule has 1 aromatic carbocycles. The van der Waals surface area contributed by atoms with Crippen molar-refractivity contribution >= 4 is 26.8 Å². The van der Waals surface area contributed by atoms with E-state index < -0.39 is 10.0 Å². The van der Waals surface area contributed by atoms with Gasteiger partial charge in [0.05, 0.1) is 6.26 Å². The number of benzene rings is 1. The molecule has 2 aromatic rings. The van der Waals surface area contributed by atoms with Crippen molar-refractivity contribution in [2.24, 2.45) is 0 Å². The van der Waals surface area contributed by atoms with Crippen LogP contribution in [0.4, 0.5) is 0 Å². The van der Waals surface area contributed by atoms with E-state index in [4.69, 9.17) is 0 Å². The third-order valence-electron chi connectivity index (χ3n) is 4.59. The molecular formula is C17H23N3O3S. The number of carbonyl (C=O) groups excluding carboxylic acids is 1. The van der Waals surface area contributed by atoms with E-state index >= 15 is 0 Å². The predicted octanol–water partition coefficient (Wildman–Crippen LogP) is 1.94. The number of fused-ring (bicyclic) bond motifs is 1. The number of aromatic amines is 1. The number of nitrogens with zero attached hydrogens (tertiary/aromatic N) is 1. The highest BCUT2D eigenvalue weighted by Crippen LogP contribution is 2.22. The molecule has 0 saturated carbocycles. The Morgan fingerprint density at radius 1 is 1.21 bits per heavy atom.